The van der Waals surface area contributed by atoms with Gasteiger partial charge in [-0.1, -0.05) is 11.8 Å². The van der Waals surface area contributed by atoms with Crippen LogP contribution in [0.3, 0.4) is 0 Å². The monoisotopic (exact) mass is 245 g/mol. The van der Waals surface area contributed by atoms with E-state index in [2.05, 4.69) is 10.2 Å². The summed E-state index contributed by atoms with van der Waals surface area (Å²) in [5, 5.41) is 7.00. The van der Waals surface area contributed by atoms with Crippen molar-refractivity contribution >= 4 is 11.8 Å². The topological polar surface area (TPSA) is 69.1 Å². The van der Waals surface area contributed by atoms with Crippen molar-refractivity contribution in [3.63, 3.8) is 0 Å². The second kappa shape index (κ2) is 5.51. The maximum absolute atomic E-state index is 11.1. The van der Waals surface area contributed by atoms with E-state index in [4.69, 9.17) is 9.47 Å². The zero-order valence-electron chi connectivity index (χ0n) is 9.14. The molecular formula is C9H15N3O3S. The standard InChI is InChI=1S/C9H15N3O3S/c1-12-8(13)10-11-9(12)16-6-3-7-14-4-2-5-15-7/h7H,2-6H2,1H3,(H,10,13). The van der Waals surface area contributed by atoms with Gasteiger partial charge >= 0.3 is 5.69 Å². The van der Waals surface area contributed by atoms with Gasteiger partial charge in [0, 0.05) is 19.2 Å². The number of ether oxygens (including phenoxy) is 2. The number of hydrogen-bond acceptors (Lipinski definition) is 5. The smallest absolute Gasteiger partial charge is 0.343 e. The molecular weight excluding hydrogens is 230 g/mol. The van der Waals surface area contributed by atoms with E-state index in [-0.39, 0.29) is 12.0 Å². The minimum Gasteiger partial charge on any atom is -0.353 e. The van der Waals surface area contributed by atoms with Gasteiger partial charge < -0.3 is 9.47 Å². The lowest BCUT2D eigenvalue weighted by atomic mass is 10.4. The highest BCUT2D eigenvalue weighted by molar-refractivity contribution is 7.99. The molecule has 7 heteroatoms. The minimum atomic E-state index is -0.187. The SMILES string of the molecule is Cn1c(SCCC2OCCCO2)n[nH]c1=O. The second-order valence-corrected chi connectivity index (χ2v) is 4.59. The Balaban J connectivity index is 1.75. The molecule has 0 amide bonds. The molecule has 0 spiro atoms. The van der Waals surface area contributed by atoms with E-state index in [0.29, 0.717) is 5.16 Å². The maximum Gasteiger partial charge on any atom is 0.343 e. The van der Waals surface area contributed by atoms with Gasteiger partial charge in [-0.2, -0.15) is 0 Å². The van der Waals surface area contributed by atoms with Gasteiger partial charge in [0.05, 0.1) is 13.2 Å². The summed E-state index contributed by atoms with van der Waals surface area (Å²) in [6.45, 7) is 1.55. The lowest BCUT2D eigenvalue weighted by molar-refractivity contribution is -0.178. The summed E-state index contributed by atoms with van der Waals surface area (Å²) >= 11 is 1.52. The summed E-state index contributed by atoms with van der Waals surface area (Å²) < 4.78 is 12.3. The zero-order chi connectivity index (χ0) is 11.4. The molecule has 2 heterocycles. The quantitative estimate of drug-likeness (QED) is 0.775. The third-order valence-electron chi connectivity index (χ3n) is 2.32. The zero-order valence-corrected chi connectivity index (χ0v) is 9.96. The Labute approximate surface area is 97.3 Å². The third kappa shape index (κ3) is 2.87. The molecule has 1 aliphatic heterocycles. The Kier molecular flexibility index (Phi) is 4.03. The molecule has 1 N–H and O–H groups in total. The molecule has 1 aromatic heterocycles. The number of rotatable bonds is 4. The van der Waals surface area contributed by atoms with Crippen LogP contribution in [0.1, 0.15) is 12.8 Å². The molecule has 90 valence electrons. The number of nitrogens with one attached hydrogen (secondary N) is 1. The molecule has 1 saturated heterocycles. The fourth-order valence-corrected chi connectivity index (χ4v) is 2.29. The fourth-order valence-electron chi connectivity index (χ4n) is 1.41. The molecule has 0 bridgehead atoms. The van der Waals surface area contributed by atoms with Crippen LogP contribution in [0.25, 0.3) is 0 Å². The Morgan fingerprint density at radius 3 is 2.94 bits per heavy atom. The molecule has 0 saturated carbocycles. The van der Waals surface area contributed by atoms with Crippen LogP contribution in [0.4, 0.5) is 0 Å². The summed E-state index contributed by atoms with van der Waals surface area (Å²) in [5.41, 5.74) is -0.187. The van der Waals surface area contributed by atoms with Crippen LogP contribution < -0.4 is 5.69 Å². The molecule has 0 aromatic carbocycles. The summed E-state index contributed by atoms with van der Waals surface area (Å²) in [4.78, 5) is 11.1. The largest absolute Gasteiger partial charge is 0.353 e. The van der Waals surface area contributed by atoms with Crippen molar-refractivity contribution in [3.8, 4) is 0 Å². The van der Waals surface area contributed by atoms with Gasteiger partial charge in [0.1, 0.15) is 0 Å². The van der Waals surface area contributed by atoms with Crippen LogP contribution in [0.5, 0.6) is 0 Å². The van der Waals surface area contributed by atoms with Crippen LogP contribution in [0, 0.1) is 0 Å². The molecule has 6 nitrogen and oxygen atoms in total. The highest BCUT2D eigenvalue weighted by Crippen LogP contribution is 2.17. The van der Waals surface area contributed by atoms with E-state index in [1.54, 1.807) is 7.05 Å². The maximum atomic E-state index is 11.1. The Morgan fingerprint density at radius 1 is 1.56 bits per heavy atom. The molecule has 16 heavy (non-hydrogen) atoms. The lowest BCUT2D eigenvalue weighted by Crippen LogP contribution is -2.25. The summed E-state index contributed by atoms with van der Waals surface area (Å²) in [7, 11) is 1.70. The Hall–Kier alpha value is -0.790. The fraction of sp³-hybridized carbons (Fsp3) is 0.778. The second-order valence-electron chi connectivity index (χ2n) is 3.53. The molecule has 0 unspecified atom stereocenters. The van der Waals surface area contributed by atoms with Crippen molar-refractivity contribution in [1.29, 1.82) is 0 Å². The van der Waals surface area contributed by atoms with E-state index in [1.807, 2.05) is 0 Å². The number of nitrogens with zero attached hydrogens (tertiary/aromatic N) is 2. The van der Waals surface area contributed by atoms with Crippen molar-refractivity contribution in [1.82, 2.24) is 14.8 Å². The van der Waals surface area contributed by atoms with Crippen molar-refractivity contribution in [3.05, 3.63) is 10.5 Å². The van der Waals surface area contributed by atoms with Crippen molar-refractivity contribution < 1.29 is 9.47 Å². The van der Waals surface area contributed by atoms with E-state index in [1.165, 1.54) is 16.3 Å². The van der Waals surface area contributed by atoms with Gasteiger partial charge in [0.2, 0.25) is 0 Å². The van der Waals surface area contributed by atoms with E-state index < -0.39 is 0 Å². The van der Waals surface area contributed by atoms with Crippen molar-refractivity contribution in [2.75, 3.05) is 19.0 Å². The molecule has 1 aliphatic rings. The first-order valence-electron chi connectivity index (χ1n) is 5.25. The van der Waals surface area contributed by atoms with Gasteiger partial charge in [-0.15, -0.1) is 5.10 Å². The third-order valence-corrected chi connectivity index (χ3v) is 3.38. The minimum absolute atomic E-state index is 0.0998. The van der Waals surface area contributed by atoms with Crippen molar-refractivity contribution in [2.24, 2.45) is 7.05 Å². The molecule has 1 fully saturated rings. The number of aromatic nitrogens is 3. The highest BCUT2D eigenvalue weighted by atomic mass is 32.2. The predicted octanol–water partition coefficient (Wildman–Crippen LogP) is 0.354. The van der Waals surface area contributed by atoms with Gasteiger partial charge in [-0.25, -0.2) is 9.89 Å². The van der Waals surface area contributed by atoms with Crippen LogP contribution in [0.2, 0.25) is 0 Å². The van der Waals surface area contributed by atoms with E-state index in [9.17, 15) is 4.79 Å². The predicted molar refractivity (Wildman–Crippen MR) is 59.5 cm³/mol. The number of thioether (sulfide) groups is 1. The number of aromatic amines is 1. The van der Waals surface area contributed by atoms with E-state index >= 15 is 0 Å². The summed E-state index contributed by atoms with van der Waals surface area (Å²) in [6, 6.07) is 0. The summed E-state index contributed by atoms with van der Waals surface area (Å²) in [5.74, 6) is 0.822. The summed E-state index contributed by atoms with van der Waals surface area (Å²) in [6.07, 6.45) is 1.68. The average molecular weight is 245 g/mol. The molecule has 0 atom stereocenters. The van der Waals surface area contributed by atoms with Crippen molar-refractivity contribution in [2.45, 2.75) is 24.3 Å². The first kappa shape index (κ1) is 11.7. The first-order chi connectivity index (χ1) is 7.77. The van der Waals surface area contributed by atoms with Gasteiger partial charge in [0.25, 0.3) is 0 Å². The van der Waals surface area contributed by atoms with Gasteiger partial charge in [-0.05, 0) is 6.42 Å². The van der Waals surface area contributed by atoms with Gasteiger partial charge in [-0.3, -0.25) is 4.57 Å². The highest BCUT2D eigenvalue weighted by Gasteiger charge is 2.14. The van der Waals surface area contributed by atoms with Crippen LogP contribution in [-0.4, -0.2) is 40.0 Å². The molecule has 0 aliphatic carbocycles. The number of hydrogen-bond donors (Lipinski definition) is 1. The Morgan fingerprint density at radius 2 is 2.31 bits per heavy atom. The van der Waals surface area contributed by atoms with Crippen LogP contribution in [0.15, 0.2) is 9.95 Å². The Bertz CT molecular complexity index is 384. The normalized spacial score (nSPS) is 17.8. The average Bonchev–Trinajstić information content (AvgIpc) is 2.62. The first-order valence-corrected chi connectivity index (χ1v) is 6.23. The van der Waals surface area contributed by atoms with Crippen LogP contribution in [-0.2, 0) is 16.5 Å². The number of H-pyrrole nitrogens is 1. The molecule has 1 aromatic rings. The lowest BCUT2D eigenvalue weighted by Gasteiger charge is -2.22. The molecule has 2 rings (SSSR count). The van der Waals surface area contributed by atoms with E-state index in [0.717, 1.165) is 31.8 Å². The van der Waals surface area contributed by atoms with Crippen LogP contribution >= 0.6 is 11.8 Å². The molecule has 0 radical (unpaired) electrons. The van der Waals surface area contributed by atoms with Gasteiger partial charge in [0.15, 0.2) is 11.4 Å².